The van der Waals surface area contributed by atoms with Gasteiger partial charge in [0.05, 0.1) is 23.7 Å². The molecule has 224 valence electrons. The Bertz CT molecular complexity index is 574. The van der Waals surface area contributed by atoms with Gasteiger partial charge in [-0.25, -0.2) is 5.26 Å². The SMILES string of the molecule is CC1CCCO1.CCCCC(C)(C)C(=O)OC(C)C.CCCCC(C)(N)C(=O)OC(C)C.O=[P+]([O-])OO.[HH]. The first-order valence-corrected chi connectivity index (χ1v) is 14.3. The fourth-order valence-corrected chi connectivity index (χ4v) is 2.83. The zero-order chi connectivity index (χ0) is 29.7. The van der Waals surface area contributed by atoms with Crippen LogP contribution >= 0.6 is 8.25 Å². The van der Waals surface area contributed by atoms with Crippen molar-refractivity contribution in [1.82, 2.24) is 0 Å². The Morgan fingerprint density at radius 3 is 1.78 bits per heavy atom. The molecule has 3 unspecified atom stereocenters. The van der Waals surface area contributed by atoms with E-state index >= 15 is 0 Å². The van der Waals surface area contributed by atoms with Gasteiger partial charge in [-0.1, -0.05) is 39.5 Å². The molecule has 3 atom stereocenters. The van der Waals surface area contributed by atoms with E-state index in [2.05, 4.69) is 25.4 Å². The van der Waals surface area contributed by atoms with Gasteiger partial charge in [0, 0.05) is 12.7 Å². The van der Waals surface area contributed by atoms with Gasteiger partial charge in [0.25, 0.3) is 0 Å². The molecule has 0 aromatic carbocycles. The zero-order valence-corrected chi connectivity index (χ0v) is 25.7. The maximum absolute atomic E-state index is 11.6. The Kier molecular flexibility index (Phi) is 24.8. The zero-order valence-electron chi connectivity index (χ0n) is 24.8. The molecule has 1 heterocycles. The van der Waals surface area contributed by atoms with Crippen LogP contribution in [0.5, 0.6) is 0 Å². The molecule has 1 aliphatic heterocycles. The highest BCUT2D eigenvalue weighted by atomic mass is 31.1. The lowest BCUT2D eigenvalue weighted by molar-refractivity contribution is -0.244. The summed E-state index contributed by atoms with van der Waals surface area (Å²) >= 11 is 0. The van der Waals surface area contributed by atoms with E-state index in [9.17, 15) is 9.59 Å². The largest absolute Gasteiger partial charge is 0.565 e. The average Bonchev–Trinajstić information content (AvgIpc) is 3.27. The molecule has 10 nitrogen and oxygen atoms in total. The monoisotopic (exact) mass is 557 g/mol. The fourth-order valence-electron chi connectivity index (χ4n) is 2.83. The molecule has 11 heteroatoms. The normalized spacial score (nSPS) is 16.7. The molecule has 0 spiro atoms. The van der Waals surface area contributed by atoms with Crippen molar-refractivity contribution in [3.8, 4) is 0 Å². The highest BCUT2D eigenvalue weighted by Gasteiger charge is 2.30. The molecule has 0 amide bonds. The summed E-state index contributed by atoms with van der Waals surface area (Å²) in [5.41, 5.74) is 4.68. The Labute approximate surface area is 227 Å². The lowest BCUT2D eigenvalue weighted by Gasteiger charge is -2.23. The molecule has 37 heavy (non-hydrogen) atoms. The smallest absolute Gasteiger partial charge is 0.521 e. The fraction of sp³-hybridized carbons (Fsp3) is 0.923. The number of esters is 2. The third-order valence-corrected chi connectivity index (χ3v) is 5.27. The van der Waals surface area contributed by atoms with Crippen LogP contribution in [0.2, 0.25) is 0 Å². The van der Waals surface area contributed by atoms with Crippen molar-refractivity contribution >= 4 is 20.2 Å². The number of carbonyl (C=O) groups excluding carboxylic acids is 2. The van der Waals surface area contributed by atoms with Crippen LogP contribution < -0.4 is 10.6 Å². The van der Waals surface area contributed by atoms with Gasteiger partial charge in [0.15, 0.2) is 0 Å². The van der Waals surface area contributed by atoms with Gasteiger partial charge in [-0.05, 0) is 85.6 Å². The van der Waals surface area contributed by atoms with E-state index in [4.69, 9.17) is 34.7 Å². The predicted molar refractivity (Wildman–Crippen MR) is 146 cm³/mol. The number of rotatable bonds is 11. The molecule has 1 saturated heterocycles. The van der Waals surface area contributed by atoms with Crippen LogP contribution in [-0.4, -0.2) is 47.7 Å². The summed E-state index contributed by atoms with van der Waals surface area (Å²) < 4.78 is 27.0. The highest BCUT2D eigenvalue weighted by molar-refractivity contribution is 7.30. The first-order valence-electron chi connectivity index (χ1n) is 13.2. The summed E-state index contributed by atoms with van der Waals surface area (Å²) in [6.07, 6.45) is 8.79. The van der Waals surface area contributed by atoms with Gasteiger partial charge in [0.2, 0.25) is 0 Å². The molecular weight excluding hydrogens is 501 g/mol. The highest BCUT2D eigenvalue weighted by Crippen LogP contribution is 2.25. The average molecular weight is 558 g/mol. The van der Waals surface area contributed by atoms with Crippen LogP contribution in [-0.2, 0) is 33.0 Å². The molecule has 0 aliphatic carbocycles. The molecule has 1 fully saturated rings. The summed E-state index contributed by atoms with van der Waals surface area (Å²) in [7, 11) is -3.04. The van der Waals surface area contributed by atoms with Crippen LogP contribution in [0.4, 0.5) is 0 Å². The van der Waals surface area contributed by atoms with E-state index in [0.717, 1.165) is 38.7 Å². The molecule has 0 saturated carbocycles. The summed E-state index contributed by atoms with van der Waals surface area (Å²) in [4.78, 5) is 31.9. The second-order valence-corrected chi connectivity index (χ2v) is 11.2. The number of hydrogen-bond acceptors (Lipinski definition) is 10. The predicted octanol–water partition coefficient (Wildman–Crippen LogP) is 5.93. The minimum absolute atomic E-state index is 0. The van der Waals surface area contributed by atoms with Gasteiger partial charge in [-0.15, -0.1) is 0 Å². The summed E-state index contributed by atoms with van der Waals surface area (Å²) in [5, 5.41) is 7.05. The Morgan fingerprint density at radius 2 is 1.49 bits per heavy atom. The lowest BCUT2D eigenvalue weighted by Crippen LogP contribution is -2.46. The third kappa shape index (κ3) is 26.2. The van der Waals surface area contributed by atoms with E-state index in [0.29, 0.717) is 12.5 Å². The van der Waals surface area contributed by atoms with Crippen molar-refractivity contribution < 1.29 is 44.6 Å². The molecule has 0 radical (unpaired) electrons. The van der Waals surface area contributed by atoms with Crippen LogP contribution in [0.3, 0.4) is 0 Å². The minimum atomic E-state index is -3.04. The van der Waals surface area contributed by atoms with E-state index in [1.807, 2.05) is 41.5 Å². The molecule has 0 bridgehead atoms. The van der Waals surface area contributed by atoms with Crippen molar-refractivity contribution in [2.45, 2.75) is 144 Å². The first kappa shape index (κ1) is 40.3. The Hall–Kier alpha value is -1.16. The molecule has 1 aliphatic rings. The number of carbonyl (C=O) groups is 2. The van der Waals surface area contributed by atoms with Crippen molar-refractivity contribution in [2.24, 2.45) is 11.1 Å². The Balaban J connectivity index is -0.000000216. The maximum atomic E-state index is 11.6. The number of nitrogens with two attached hydrogens (primary N) is 1. The van der Waals surface area contributed by atoms with E-state index in [1.54, 1.807) is 6.92 Å². The molecule has 0 aromatic rings. The first-order chi connectivity index (χ1) is 17.0. The second kappa shape index (κ2) is 22.8. The minimum Gasteiger partial charge on any atom is -0.565 e. The van der Waals surface area contributed by atoms with E-state index in [-0.39, 0.29) is 31.0 Å². The van der Waals surface area contributed by atoms with Crippen LogP contribution in [0, 0.1) is 5.41 Å². The number of unbranched alkanes of at least 4 members (excludes halogenated alkanes) is 2. The van der Waals surface area contributed by atoms with Gasteiger partial charge in [0.1, 0.15) is 5.54 Å². The van der Waals surface area contributed by atoms with Crippen molar-refractivity contribution in [1.29, 1.82) is 0 Å². The lowest BCUT2D eigenvalue weighted by atomic mass is 9.87. The van der Waals surface area contributed by atoms with Gasteiger partial charge in [-0.2, -0.15) is 0 Å². The third-order valence-electron chi connectivity index (χ3n) is 5.13. The van der Waals surface area contributed by atoms with Crippen LogP contribution in [0.25, 0.3) is 0 Å². The quantitative estimate of drug-likeness (QED) is 0.135. The van der Waals surface area contributed by atoms with Crippen molar-refractivity contribution in [3.63, 3.8) is 0 Å². The van der Waals surface area contributed by atoms with E-state index < -0.39 is 13.8 Å². The van der Waals surface area contributed by atoms with Gasteiger partial charge >= 0.3 is 20.2 Å². The molecule has 0 aromatic heterocycles. The molecule has 1 rings (SSSR count). The van der Waals surface area contributed by atoms with Gasteiger partial charge < -0.3 is 24.8 Å². The van der Waals surface area contributed by atoms with Gasteiger partial charge in [-0.3, -0.25) is 9.59 Å². The van der Waals surface area contributed by atoms with E-state index in [1.165, 1.54) is 12.8 Å². The van der Waals surface area contributed by atoms with Crippen LogP contribution in [0.15, 0.2) is 0 Å². The number of ether oxygens (including phenoxy) is 3. The maximum Gasteiger partial charge on any atom is 0.521 e. The molecule has 3 N–H and O–H groups in total. The Morgan fingerprint density at radius 1 is 1.05 bits per heavy atom. The summed E-state index contributed by atoms with van der Waals surface area (Å²) in [6.45, 7) is 20.4. The standard InChI is InChI=1S/C11H22O2.C10H21NO2.C5H10O.HO4P.H2/c1-6-7-8-11(4,5)10(12)13-9(2)3;1-5-6-7-10(4,11)9(12)13-8(2)3;1-5-3-2-4-6-5;1-4-5(2)3;/h9H,6-8H2,1-5H3;8H,5-7,11H2,1-4H3;5H,2-4H2,1H3;1H;1H. The second-order valence-electron chi connectivity index (χ2n) is 10.5. The van der Waals surface area contributed by atoms with Crippen LogP contribution in [0.1, 0.15) is 122 Å². The van der Waals surface area contributed by atoms with Crippen molar-refractivity contribution in [2.75, 3.05) is 6.61 Å². The van der Waals surface area contributed by atoms with Crippen molar-refractivity contribution in [3.05, 3.63) is 0 Å². The summed E-state index contributed by atoms with van der Waals surface area (Å²) in [6, 6.07) is 0. The summed E-state index contributed by atoms with van der Waals surface area (Å²) in [5.74, 6) is -0.369. The number of hydrogen-bond donors (Lipinski definition) is 2. The topological polar surface area (TPSA) is 157 Å². The molecular formula is C26H56NO9P.